The quantitative estimate of drug-likeness (QED) is 0.730. The molecule has 21 heavy (non-hydrogen) atoms. The summed E-state index contributed by atoms with van der Waals surface area (Å²) in [5, 5.41) is 2.93. The predicted octanol–water partition coefficient (Wildman–Crippen LogP) is 3.02. The Bertz CT molecular complexity index is 664. The van der Waals surface area contributed by atoms with Crippen molar-refractivity contribution in [1.82, 2.24) is 5.32 Å². The lowest BCUT2D eigenvalue weighted by Crippen LogP contribution is -2.25. The van der Waals surface area contributed by atoms with E-state index in [9.17, 15) is 4.79 Å². The summed E-state index contributed by atoms with van der Waals surface area (Å²) < 4.78 is 4.98. The molecule has 0 fully saturated rings. The van der Waals surface area contributed by atoms with Gasteiger partial charge in [0.05, 0.1) is 0 Å². The van der Waals surface area contributed by atoms with Crippen LogP contribution < -0.4 is 5.32 Å². The standard InChI is InChI=1S/C18H19NO2/c1-21-10-4-9-19-18(20)15-8-7-14-11-13-5-2-3-6-16(13)17(14)12-15/h2-3,5-8,12H,4,9-11H2,1H3,(H,19,20). The first-order valence-corrected chi connectivity index (χ1v) is 7.28. The van der Waals surface area contributed by atoms with Crippen molar-refractivity contribution in [3.63, 3.8) is 0 Å². The molecule has 0 bridgehead atoms. The molecule has 0 unspecified atom stereocenters. The number of benzene rings is 2. The summed E-state index contributed by atoms with van der Waals surface area (Å²) in [6.45, 7) is 1.30. The topological polar surface area (TPSA) is 38.3 Å². The highest BCUT2D eigenvalue weighted by atomic mass is 16.5. The summed E-state index contributed by atoms with van der Waals surface area (Å²) in [4.78, 5) is 12.2. The number of ether oxygens (including phenoxy) is 1. The van der Waals surface area contributed by atoms with Crippen LogP contribution in [0.4, 0.5) is 0 Å². The number of carbonyl (C=O) groups excluding carboxylic acids is 1. The monoisotopic (exact) mass is 281 g/mol. The molecule has 1 N–H and O–H groups in total. The minimum atomic E-state index is -0.0155. The van der Waals surface area contributed by atoms with Crippen molar-refractivity contribution in [3.05, 3.63) is 59.2 Å². The number of fused-ring (bicyclic) bond motifs is 3. The second-order valence-corrected chi connectivity index (χ2v) is 5.31. The van der Waals surface area contributed by atoms with Gasteiger partial charge in [0.1, 0.15) is 0 Å². The molecule has 0 aromatic heterocycles. The zero-order valence-electron chi connectivity index (χ0n) is 12.2. The van der Waals surface area contributed by atoms with E-state index in [2.05, 4.69) is 29.6 Å². The molecular formula is C18H19NO2. The van der Waals surface area contributed by atoms with E-state index >= 15 is 0 Å². The van der Waals surface area contributed by atoms with Gasteiger partial charge in [0.15, 0.2) is 0 Å². The molecule has 0 radical (unpaired) electrons. The van der Waals surface area contributed by atoms with E-state index in [1.165, 1.54) is 22.3 Å². The Morgan fingerprint density at radius 2 is 1.95 bits per heavy atom. The molecule has 0 spiro atoms. The molecule has 2 aromatic carbocycles. The van der Waals surface area contributed by atoms with Gasteiger partial charge < -0.3 is 10.1 Å². The molecule has 0 saturated heterocycles. The normalized spacial score (nSPS) is 11.9. The smallest absolute Gasteiger partial charge is 0.251 e. The van der Waals surface area contributed by atoms with Crippen LogP contribution in [0.25, 0.3) is 11.1 Å². The van der Waals surface area contributed by atoms with Gasteiger partial charge in [-0.3, -0.25) is 4.79 Å². The number of nitrogens with one attached hydrogen (secondary N) is 1. The zero-order chi connectivity index (χ0) is 14.7. The van der Waals surface area contributed by atoms with E-state index in [1.54, 1.807) is 7.11 Å². The van der Waals surface area contributed by atoms with Crippen molar-refractivity contribution >= 4 is 5.91 Å². The lowest BCUT2D eigenvalue weighted by atomic mass is 10.0. The van der Waals surface area contributed by atoms with Crippen LogP contribution in [-0.2, 0) is 11.2 Å². The van der Waals surface area contributed by atoms with Crippen molar-refractivity contribution in [3.8, 4) is 11.1 Å². The SMILES string of the molecule is COCCCNC(=O)c1ccc2c(c1)-c1ccccc1C2. The molecule has 0 aliphatic heterocycles. The minimum Gasteiger partial charge on any atom is -0.385 e. The maximum Gasteiger partial charge on any atom is 0.251 e. The zero-order valence-corrected chi connectivity index (χ0v) is 12.2. The van der Waals surface area contributed by atoms with Crippen molar-refractivity contribution in [2.24, 2.45) is 0 Å². The van der Waals surface area contributed by atoms with Gasteiger partial charge in [-0.15, -0.1) is 0 Å². The second-order valence-electron chi connectivity index (χ2n) is 5.31. The summed E-state index contributed by atoms with van der Waals surface area (Å²) in [6.07, 6.45) is 1.79. The number of hydrogen-bond acceptors (Lipinski definition) is 2. The Morgan fingerprint density at radius 3 is 2.81 bits per heavy atom. The lowest BCUT2D eigenvalue weighted by molar-refractivity contribution is 0.0948. The molecule has 1 aliphatic rings. The fraction of sp³-hybridized carbons (Fsp3) is 0.278. The maximum atomic E-state index is 12.2. The van der Waals surface area contributed by atoms with Gasteiger partial charge >= 0.3 is 0 Å². The van der Waals surface area contributed by atoms with E-state index in [0.717, 1.165) is 18.4 Å². The number of carbonyl (C=O) groups is 1. The number of amides is 1. The molecule has 0 heterocycles. The molecule has 0 saturated carbocycles. The minimum absolute atomic E-state index is 0.0155. The van der Waals surface area contributed by atoms with Gasteiger partial charge in [0.25, 0.3) is 5.91 Å². The first-order valence-electron chi connectivity index (χ1n) is 7.28. The molecule has 3 nitrogen and oxygen atoms in total. The molecular weight excluding hydrogens is 262 g/mol. The fourth-order valence-corrected chi connectivity index (χ4v) is 2.79. The first-order chi connectivity index (χ1) is 10.3. The van der Waals surface area contributed by atoms with Gasteiger partial charge in [0.2, 0.25) is 0 Å². The molecule has 2 aromatic rings. The van der Waals surface area contributed by atoms with Gasteiger partial charge in [-0.2, -0.15) is 0 Å². The van der Waals surface area contributed by atoms with Crippen molar-refractivity contribution < 1.29 is 9.53 Å². The Kier molecular flexibility index (Phi) is 4.02. The largest absolute Gasteiger partial charge is 0.385 e. The number of hydrogen-bond donors (Lipinski definition) is 1. The lowest BCUT2D eigenvalue weighted by Gasteiger charge is -2.07. The average Bonchev–Trinajstić information content (AvgIpc) is 2.89. The fourth-order valence-electron chi connectivity index (χ4n) is 2.79. The summed E-state index contributed by atoms with van der Waals surface area (Å²) >= 11 is 0. The van der Waals surface area contributed by atoms with Crippen LogP contribution in [-0.4, -0.2) is 26.2 Å². The Balaban J connectivity index is 1.77. The van der Waals surface area contributed by atoms with Gasteiger partial charge in [-0.05, 0) is 47.2 Å². The van der Waals surface area contributed by atoms with Crippen LogP contribution in [0.15, 0.2) is 42.5 Å². The Labute approximate surface area is 124 Å². The van der Waals surface area contributed by atoms with E-state index < -0.39 is 0 Å². The highest BCUT2D eigenvalue weighted by Gasteiger charge is 2.19. The van der Waals surface area contributed by atoms with Gasteiger partial charge in [-0.25, -0.2) is 0 Å². The van der Waals surface area contributed by atoms with Crippen molar-refractivity contribution in [1.29, 1.82) is 0 Å². The molecule has 1 aliphatic carbocycles. The van der Waals surface area contributed by atoms with Gasteiger partial charge in [0, 0.05) is 25.8 Å². The predicted molar refractivity (Wildman–Crippen MR) is 83.5 cm³/mol. The summed E-state index contributed by atoms with van der Waals surface area (Å²) in [5.74, 6) is -0.0155. The van der Waals surface area contributed by atoms with Crippen LogP contribution in [0, 0.1) is 0 Å². The average molecular weight is 281 g/mol. The third-order valence-electron chi connectivity index (χ3n) is 3.87. The second kappa shape index (κ2) is 6.10. The van der Waals surface area contributed by atoms with E-state index in [-0.39, 0.29) is 5.91 Å². The van der Waals surface area contributed by atoms with Crippen LogP contribution in [0.2, 0.25) is 0 Å². The van der Waals surface area contributed by atoms with Crippen LogP contribution in [0.3, 0.4) is 0 Å². The highest BCUT2D eigenvalue weighted by Crippen LogP contribution is 2.36. The van der Waals surface area contributed by atoms with Crippen molar-refractivity contribution in [2.45, 2.75) is 12.8 Å². The molecule has 108 valence electrons. The molecule has 0 atom stereocenters. The summed E-state index contributed by atoms with van der Waals surface area (Å²) in [7, 11) is 1.67. The Morgan fingerprint density at radius 1 is 1.14 bits per heavy atom. The number of methoxy groups -OCH3 is 1. The molecule has 3 rings (SSSR count). The van der Waals surface area contributed by atoms with E-state index in [0.29, 0.717) is 13.2 Å². The van der Waals surface area contributed by atoms with Crippen LogP contribution in [0.5, 0.6) is 0 Å². The molecule has 1 amide bonds. The summed E-state index contributed by atoms with van der Waals surface area (Å²) in [5.41, 5.74) is 5.80. The highest BCUT2D eigenvalue weighted by molar-refractivity contribution is 5.96. The maximum absolute atomic E-state index is 12.2. The third-order valence-corrected chi connectivity index (χ3v) is 3.87. The van der Waals surface area contributed by atoms with E-state index in [1.807, 2.05) is 18.2 Å². The number of rotatable bonds is 5. The van der Waals surface area contributed by atoms with Crippen LogP contribution in [0.1, 0.15) is 27.9 Å². The van der Waals surface area contributed by atoms with E-state index in [4.69, 9.17) is 4.74 Å². The Hall–Kier alpha value is -2.13. The third kappa shape index (κ3) is 2.83. The van der Waals surface area contributed by atoms with Crippen LogP contribution >= 0.6 is 0 Å². The first kappa shape index (κ1) is 13.8. The summed E-state index contributed by atoms with van der Waals surface area (Å²) in [6, 6.07) is 14.4. The van der Waals surface area contributed by atoms with Crippen molar-refractivity contribution in [2.75, 3.05) is 20.3 Å². The van der Waals surface area contributed by atoms with Gasteiger partial charge in [-0.1, -0.05) is 30.3 Å². The molecule has 3 heteroatoms.